The molecule has 1 aromatic carbocycles. The summed E-state index contributed by atoms with van der Waals surface area (Å²) in [7, 11) is 0. The fraction of sp³-hybridized carbons (Fsp3) is 0.167. The molecule has 0 radical (unpaired) electrons. The number of carbonyl (C=O) groups is 1. The molecule has 4 nitrogen and oxygen atoms in total. The molecule has 2 rings (SSSR count). The largest absolute Gasteiger partial charge is 0.476 e. The molecule has 1 N–H and O–H groups in total. The number of carboxylic acid groups (broad SMARTS) is 1. The number of carboxylic acids is 1. The zero-order valence-corrected chi connectivity index (χ0v) is 9.22. The van der Waals surface area contributed by atoms with Crippen LogP contribution >= 0.6 is 0 Å². The maximum absolute atomic E-state index is 12.8. The summed E-state index contributed by atoms with van der Waals surface area (Å²) in [6, 6.07) is 7.36. The normalized spacial score (nSPS) is 10.5. The summed E-state index contributed by atoms with van der Waals surface area (Å²) in [5, 5.41) is 12.8. The van der Waals surface area contributed by atoms with Crippen molar-refractivity contribution >= 4 is 5.97 Å². The van der Waals surface area contributed by atoms with E-state index in [-0.39, 0.29) is 11.5 Å². The third-order valence-corrected chi connectivity index (χ3v) is 2.44. The Balaban J connectivity index is 2.50. The highest BCUT2D eigenvalue weighted by Gasteiger charge is 2.13. The summed E-state index contributed by atoms with van der Waals surface area (Å²) in [6.07, 6.45) is 0. The second-order valence-electron chi connectivity index (χ2n) is 3.54. The number of rotatable bonds is 3. The van der Waals surface area contributed by atoms with Crippen LogP contribution in [0.5, 0.6) is 0 Å². The monoisotopic (exact) mass is 234 g/mol. The van der Waals surface area contributed by atoms with E-state index in [1.807, 2.05) is 6.92 Å². The van der Waals surface area contributed by atoms with Crippen molar-refractivity contribution in [2.24, 2.45) is 0 Å². The molecule has 17 heavy (non-hydrogen) atoms. The summed E-state index contributed by atoms with van der Waals surface area (Å²) in [6.45, 7) is 2.42. The van der Waals surface area contributed by atoms with Gasteiger partial charge in [-0.2, -0.15) is 5.10 Å². The lowest BCUT2D eigenvalue weighted by Crippen LogP contribution is -2.02. The Kier molecular flexibility index (Phi) is 2.91. The molecule has 0 aliphatic heterocycles. The molecule has 5 heteroatoms. The van der Waals surface area contributed by atoms with Crippen molar-refractivity contribution in [1.82, 2.24) is 9.78 Å². The first kappa shape index (κ1) is 11.3. The molecule has 0 bridgehead atoms. The number of aromatic carboxylic acids is 1. The molecular formula is C12H11FN2O2. The van der Waals surface area contributed by atoms with Crippen molar-refractivity contribution in [1.29, 1.82) is 0 Å². The Morgan fingerprint density at radius 3 is 2.59 bits per heavy atom. The molecule has 1 heterocycles. The Hall–Kier alpha value is -2.17. The van der Waals surface area contributed by atoms with Crippen molar-refractivity contribution < 1.29 is 14.3 Å². The van der Waals surface area contributed by atoms with E-state index in [4.69, 9.17) is 5.11 Å². The third-order valence-electron chi connectivity index (χ3n) is 2.44. The van der Waals surface area contributed by atoms with Gasteiger partial charge in [-0.25, -0.2) is 9.18 Å². The van der Waals surface area contributed by atoms with E-state index in [1.54, 1.807) is 16.8 Å². The minimum absolute atomic E-state index is 0.00817. The number of hydrogen-bond acceptors (Lipinski definition) is 2. The van der Waals surface area contributed by atoms with Gasteiger partial charge >= 0.3 is 5.97 Å². The first-order valence-corrected chi connectivity index (χ1v) is 5.19. The average molecular weight is 234 g/mol. The highest BCUT2D eigenvalue weighted by molar-refractivity contribution is 5.87. The van der Waals surface area contributed by atoms with Gasteiger partial charge in [0.15, 0.2) is 5.69 Å². The second-order valence-corrected chi connectivity index (χ2v) is 3.54. The first-order chi connectivity index (χ1) is 8.11. The van der Waals surface area contributed by atoms with Gasteiger partial charge in [0.1, 0.15) is 5.82 Å². The summed E-state index contributed by atoms with van der Waals surface area (Å²) in [5.41, 5.74) is 1.41. The Bertz CT molecular complexity index is 546. The molecule has 0 fully saturated rings. The van der Waals surface area contributed by atoms with Crippen molar-refractivity contribution in [3.05, 3.63) is 41.8 Å². The average Bonchev–Trinajstić information content (AvgIpc) is 2.74. The van der Waals surface area contributed by atoms with E-state index < -0.39 is 5.97 Å². The highest BCUT2D eigenvalue weighted by atomic mass is 19.1. The minimum atomic E-state index is -1.07. The molecule has 0 saturated carbocycles. The first-order valence-electron chi connectivity index (χ1n) is 5.19. The number of benzene rings is 1. The molecule has 0 spiro atoms. The van der Waals surface area contributed by atoms with Gasteiger partial charge < -0.3 is 5.11 Å². The van der Waals surface area contributed by atoms with Crippen molar-refractivity contribution in [2.75, 3.05) is 0 Å². The van der Waals surface area contributed by atoms with Crippen LogP contribution in [0.1, 0.15) is 17.4 Å². The summed E-state index contributed by atoms with van der Waals surface area (Å²) in [5.74, 6) is -1.39. The smallest absolute Gasteiger partial charge is 0.356 e. The van der Waals surface area contributed by atoms with E-state index in [2.05, 4.69) is 5.10 Å². The van der Waals surface area contributed by atoms with Crippen LogP contribution in [0.15, 0.2) is 30.3 Å². The fourth-order valence-corrected chi connectivity index (χ4v) is 1.62. The van der Waals surface area contributed by atoms with Crippen LogP contribution in [-0.2, 0) is 6.54 Å². The lowest BCUT2D eigenvalue weighted by Gasteiger charge is -2.03. The molecule has 0 aliphatic rings. The van der Waals surface area contributed by atoms with E-state index in [9.17, 15) is 9.18 Å². The zero-order valence-electron chi connectivity index (χ0n) is 9.22. The summed E-state index contributed by atoms with van der Waals surface area (Å²) >= 11 is 0. The van der Waals surface area contributed by atoms with Crippen molar-refractivity contribution in [3.8, 4) is 11.3 Å². The van der Waals surface area contributed by atoms with Gasteiger partial charge in [0, 0.05) is 12.1 Å². The van der Waals surface area contributed by atoms with E-state index in [0.29, 0.717) is 12.2 Å². The number of aromatic nitrogens is 2. The Morgan fingerprint density at radius 2 is 2.06 bits per heavy atom. The molecule has 0 aliphatic carbocycles. The number of aryl methyl sites for hydroxylation is 1. The fourth-order valence-electron chi connectivity index (χ4n) is 1.62. The topological polar surface area (TPSA) is 55.1 Å². The standard InChI is InChI=1S/C12H11FN2O2/c1-2-15-11(7-10(14-15)12(16)17)8-3-5-9(13)6-4-8/h3-7H,2H2,1H3,(H,16,17). The molecule has 0 unspecified atom stereocenters. The lowest BCUT2D eigenvalue weighted by atomic mass is 10.1. The molecular weight excluding hydrogens is 223 g/mol. The predicted octanol–water partition coefficient (Wildman–Crippen LogP) is 2.41. The molecule has 0 atom stereocenters. The van der Waals surface area contributed by atoms with Crippen LogP contribution in [-0.4, -0.2) is 20.9 Å². The summed E-state index contributed by atoms with van der Waals surface area (Å²) in [4.78, 5) is 10.8. The number of halogens is 1. The van der Waals surface area contributed by atoms with Gasteiger partial charge in [0.25, 0.3) is 0 Å². The predicted molar refractivity (Wildman–Crippen MR) is 60.3 cm³/mol. The third kappa shape index (κ3) is 2.18. The molecule has 88 valence electrons. The SMILES string of the molecule is CCn1nc(C(=O)O)cc1-c1ccc(F)cc1. The number of nitrogens with zero attached hydrogens (tertiary/aromatic N) is 2. The maximum atomic E-state index is 12.8. The van der Waals surface area contributed by atoms with E-state index in [1.165, 1.54) is 18.2 Å². The molecule has 2 aromatic rings. The Labute approximate surface area is 97.3 Å². The van der Waals surface area contributed by atoms with E-state index >= 15 is 0 Å². The van der Waals surface area contributed by atoms with Crippen LogP contribution in [0.2, 0.25) is 0 Å². The van der Waals surface area contributed by atoms with Gasteiger partial charge in [-0.1, -0.05) is 0 Å². The minimum Gasteiger partial charge on any atom is -0.476 e. The van der Waals surface area contributed by atoms with Crippen LogP contribution in [0.4, 0.5) is 4.39 Å². The van der Waals surface area contributed by atoms with Crippen LogP contribution in [0.3, 0.4) is 0 Å². The van der Waals surface area contributed by atoms with Crippen molar-refractivity contribution in [2.45, 2.75) is 13.5 Å². The number of hydrogen-bond donors (Lipinski definition) is 1. The van der Waals surface area contributed by atoms with Crippen LogP contribution in [0, 0.1) is 5.82 Å². The van der Waals surface area contributed by atoms with Gasteiger partial charge in [-0.15, -0.1) is 0 Å². The van der Waals surface area contributed by atoms with Gasteiger partial charge in [0.05, 0.1) is 5.69 Å². The molecule has 0 saturated heterocycles. The quantitative estimate of drug-likeness (QED) is 0.887. The summed E-state index contributed by atoms with van der Waals surface area (Å²) < 4.78 is 14.4. The molecule has 0 amide bonds. The highest BCUT2D eigenvalue weighted by Crippen LogP contribution is 2.21. The lowest BCUT2D eigenvalue weighted by molar-refractivity contribution is 0.0689. The van der Waals surface area contributed by atoms with Gasteiger partial charge in [0.2, 0.25) is 0 Å². The molecule has 1 aromatic heterocycles. The maximum Gasteiger partial charge on any atom is 0.356 e. The zero-order chi connectivity index (χ0) is 12.4. The van der Waals surface area contributed by atoms with Crippen LogP contribution < -0.4 is 0 Å². The van der Waals surface area contributed by atoms with Crippen LogP contribution in [0.25, 0.3) is 11.3 Å². The second kappa shape index (κ2) is 4.37. The van der Waals surface area contributed by atoms with E-state index in [0.717, 1.165) is 5.56 Å². The van der Waals surface area contributed by atoms with Gasteiger partial charge in [-0.05, 0) is 37.3 Å². The Morgan fingerprint density at radius 1 is 1.41 bits per heavy atom. The van der Waals surface area contributed by atoms with Crippen molar-refractivity contribution in [3.63, 3.8) is 0 Å². The van der Waals surface area contributed by atoms with Gasteiger partial charge in [-0.3, -0.25) is 4.68 Å².